The van der Waals surface area contributed by atoms with Gasteiger partial charge in [-0.15, -0.1) is 0 Å². The zero-order chi connectivity index (χ0) is 14.3. The van der Waals surface area contributed by atoms with Gasteiger partial charge in [-0.1, -0.05) is 0 Å². The number of carbonyl (C=O) groups excluding carboxylic acids is 1. The average molecular weight is 270 g/mol. The molecule has 2 amide bonds. The number of carboxylic acid groups (broad SMARTS) is 1. The zero-order valence-electron chi connectivity index (χ0n) is 11.0. The van der Waals surface area contributed by atoms with E-state index in [0.717, 1.165) is 0 Å². The molecular formula is C12H18N2O5. The lowest BCUT2D eigenvalue weighted by Gasteiger charge is -2.21. The number of aliphatic carboxylic acids is 1. The molecule has 1 rings (SSSR count). The molecule has 0 spiro atoms. The molecule has 2 N–H and O–H groups in total. The predicted octanol–water partition coefficient (Wildman–Crippen LogP) is 0.911. The quantitative estimate of drug-likeness (QED) is 0.768. The third-order valence-electron chi connectivity index (χ3n) is 2.59. The van der Waals surface area contributed by atoms with Crippen LogP contribution in [0.5, 0.6) is 0 Å². The summed E-state index contributed by atoms with van der Waals surface area (Å²) >= 11 is 0. The topological polar surface area (TPSA) is 92.0 Å². The second-order valence-corrected chi connectivity index (χ2v) is 3.84. The highest BCUT2D eigenvalue weighted by atomic mass is 16.5. The second-order valence-electron chi connectivity index (χ2n) is 3.84. The molecule has 0 saturated carbocycles. The molecule has 1 unspecified atom stereocenters. The number of furan rings is 1. The number of nitrogens with one attached hydrogen (secondary N) is 1. The highest BCUT2D eigenvalue weighted by Crippen LogP contribution is 2.05. The van der Waals surface area contributed by atoms with Crippen LogP contribution >= 0.6 is 0 Å². The maximum Gasteiger partial charge on any atom is 0.334 e. The van der Waals surface area contributed by atoms with E-state index in [-0.39, 0.29) is 12.6 Å². The molecule has 0 fully saturated rings. The summed E-state index contributed by atoms with van der Waals surface area (Å²) in [6.45, 7) is 2.56. The van der Waals surface area contributed by atoms with Gasteiger partial charge >= 0.3 is 12.0 Å². The number of carbonyl (C=O) groups is 2. The molecule has 1 heterocycles. The van der Waals surface area contributed by atoms with Crippen molar-refractivity contribution in [3.8, 4) is 0 Å². The number of amides is 2. The smallest absolute Gasteiger partial charge is 0.334 e. The van der Waals surface area contributed by atoms with Crippen LogP contribution in [0.1, 0.15) is 12.7 Å². The summed E-state index contributed by atoms with van der Waals surface area (Å²) in [7, 11) is 1.28. The molecule has 106 valence electrons. The van der Waals surface area contributed by atoms with Gasteiger partial charge in [0.15, 0.2) is 6.10 Å². The van der Waals surface area contributed by atoms with Crippen LogP contribution in [0.25, 0.3) is 0 Å². The highest BCUT2D eigenvalue weighted by molar-refractivity contribution is 5.76. The number of rotatable bonds is 7. The van der Waals surface area contributed by atoms with Crippen molar-refractivity contribution in [2.24, 2.45) is 0 Å². The van der Waals surface area contributed by atoms with Crippen molar-refractivity contribution in [2.45, 2.75) is 19.6 Å². The Balaban J connectivity index is 2.47. The summed E-state index contributed by atoms with van der Waals surface area (Å²) in [5, 5.41) is 11.3. The van der Waals surface area contributed by atoms with Crippen molar-refractivity contribution < 1.29 is 23.8 Å². The van der Waals surface area contributed by atoms with Crippen molar-refractivity contribution >= 4 is 12.0 Å². The Morgan fingerprint density at radius 2 is 2.32 bits per heavy atom. The van der Waals surface area contributed by atoms with Gasteiger partial charge in [-0.05, 0) is 19.1 Å². The summed E-state index contributed by atoms with van der Waals surface area (Å²) in [6, 6.07) is 3.15. The molecule has 7 heteroatoms. The van der Waals surface area contributed by atoms with Gasteiger partial charge in [0.2, 0.25) is 0 Å². The van der Waals surface area contributed by atoms with Crippen LogP contribution in [-0.2, 0) is 16.1 Å². The summed E-state index contributed by atoms with van der Waals surface area (Å²) in [4.78, 5) is 24.1. The van der Waals surface area contributed by atoms with Crippen LogP contribution < -0.4 is 5.32 Å². The van der Waals surface area contributed by atoms with Crippen LogP contribution in [-0.4, -0.2) is 48.3 Å². The van der Waals surface area contributed by atoms with Crippen molar-refractivity contribution in [3.05, 3.63) is 24.2 Å². The van der Waals surface area contributed by atoms with E-state index in [4.69, 9.17) is 14.3 Å². The molecule has 0 aliphatic rings. The van der Waals surface area contributed by atoms with Gasteiger partial charge in [-0.2, -0.15) is 0 Å². The first-order valence-corrected chi connectivity index (χ1v) is 5.89. The third kappa shape index (κ3) is 4.63. The van der Waals surface area contributed by atoms with Crippen LogP contribution in [0.15, 0.2) is 22.8 Å². The second kappa shape index (κ2) is 7.42. The molecule has 0 radical (unpaired) electrons. The summed E-state index contributed by atoms with van der Waals surface area (Å²) < 4.78 is 9.89. The fraction of sp³-hybridized carbons (Fsp3) is 0.500. The van der Waals surface area contributed by atoms with Crippen LogP contribution in [0.2, 0.25) is 0 Å². The van der Waals surface area contributed by atoms with E-state index in [1.165, 1.54) is 18.3 Å². The number of hydrogen-bond donors (Lipinski definition) is 2. The monoisotopic (exact) mass is 270 g/mol. The maximum absolute atomic E-state index is 11.9. The molecular weight excluding hydrogens is 252 g/mol. The molecule has 0 aliphatic carbocycles. The Morgan fingerprint density at radius 1 is 1.58 bits per heavy atom. The Labute approximate surface area is 111 Å². The molecule has 0 aliphatic heterocycles. The highest BCUT2D eigenvalue weighted by Gasteiger charge is 2.19. The van der Waals surface area contributed by atoms with Gasteiger partial charge in [-0.25, -0.2) is 9.59 Å². The van der Waals surface area contributed by atoms with Crippen LogP contribution in [0, 0.1) is 0 Å². The van der Waals surface area contributed by atoms with E-state index >= 15 is 0 Å². The first kappa shape index (κ1) is 15.0. The fourth-order valence-corrected chi connectivity index (χ4v) is 1.48. The summed E-state index contributed by atoms with van der Waals surface area (Å²) in [6.07, 6.45) is 0.484. The van der Waals surface area contributed by atoms with E-state index in [2.05, 4.69) is 5.32 Å². The van der Waals surface area contributed by atoms with E-state index in [1.807, 2.05) is 6.92 Å². The van der Waals surface area contributed by atoms with Gasteiger partial charge in [-0.3, -0.25) is 0 Å². The van der Waals surface area contributed by atoms with Gasteiger partial charge in [0.05, 0.1) is 19.4 Å². The number of methoxy groups -OCH3 is 1. The fourth-order valence-electron chi connectivity index (χ4n) is 1.48. The van der Waals surface area contributed by atoms with Gasteiger partial charge in [0.25, 0.3) is 0 Å². The Kier molecular flexibility index (Phi) is 5.87. The zero-order valence-corrected chi connectivity index (χ0v) is 11.0. The lowest BCUT2D eigenvalue weighted by atomic mass is 10.3. The lowest BCUT2D eigenvalue weighted by Crippen LogP contribution is -2.44. The number of urea groups is 1. The first-order valence-electron chi connectivity index (χ1n) is 5.89. The minimum absolute atomic E-state index is 0.0840. The summed E-state index contributed by atoms with van der Waals surface area (Å²) in [5.41, 5.74) is 0. The molecule has 0 aromatic carbocycles. The Hall–Kier alpha value is -2.02. The molecule has 0 saturated heterocycles. The van der Waals surface area contributed by atoms with Crippen LogP contribution in [0.3, 0.4) is 0 Å². The first-order chi connectivity index (χ1) is 9.08. The third-order valence-corrected chi connectivity index (χ3v) is 2.59. The maximum atomic E-state index is 11.9. The molecule has 1 aromatic heterocycles. The normalized spacial score (nSPS) is 11.9. The standard InChI is InChI=1S/C12H18N2O5/c1-3-14(8-9-5-4-6-19-9)12(17)13-7-10(18-2)11(15)16/h4-6,10H,3,7-8H2,1-2H3,(H,13,17)(H,15,16). The number of hydrogen-bond acceptors (Lipinski definition) is 4. The van der Waals surface area contributed by atoms with Crippen molar-refractivity contribution in [3.63, 3.8) is 0 Å². The van der Waals surface area contributed by atoms with E-state index < -0.39 is 12.1 Å². The SMILES string of the molecule is CCN(Cc1ccco1)C(=O)NCC(OC)C(=O)O. The minimum atomic E-state index is -1.11. The Morgan fingerprint density at radius 3 is 2.79 bits per heavy atom. The molecule has 1 aromatic rings. The lowest BCUT2D eigenvalue weighted by molar-refractivity contribution is -0.148. The van der Waals surface area contributed by atoms with E-state index in [0.29, 0.717) is 18.8 Å². The van der Waals surface area contributed by atoms with Gasteiger partial charge < -0.3 is 24.5 Å². The molecule has 0 bridgehead atoms. The van der Waals surface area contributed by atoms with E-state index in [9.17, 15) is 9.59 Å². The minimum Gasteiger partial charge on any atom is -0.479 e. The average Bonchev–Trinajstić information content (AvgIpc) is 2.88. The number of carboxylic acids is 1. The Bertz CT molecular complexity index is 404. The molecule has 19 heavy (non-hydrogen) atoms. The van der Waals surface area contributed by atoms with Gasteiger partial charge in [0, 0.05) is 13.7 Å². The predicted molar refractivity (Wildman–Crippen MR) is 66.6 cm³/mol. The van der Waals surface area contributed by atoms with Crippen molar-refractivity contribution in [1.82, 2.24) is 10.2 Å². The van der Waals surface area contributed by atoms with Crippen molar-refractivity contribution in [2.75, 3.05) is 20.2 Å². The van der Waals surface area contributed by atoms with E-state index in [1.54, 1.807) is 12.1 Å². The van der Waals surface area contributed by atoms with Crippen LogP contribution in [0.4, 0.5) is 4.79 Å². The molecule has 1 atom stereocenters. The van der Waals surface area contributed by atoms with Crippen molar-refractivity contribution in [1.29, 1.82) is 0 Å². The molecule has 7 nitrogen and oxygen atoms in total. The number of ether oxygens (including phenoxy) is 1. The summed E-state index contributed by atoms with van der Waals surface area (Å²) in [5.74, 6) is -0.449. The number of nitrogens with zero attached hydrogens (tertiary/aromatic N) is 1. The van der Waals surface area contributed by atoms with Gasteiger partial charge in [0.1, 0.15) is 5.76 Å². The largest absolute Gasteiger partial charge is 0.479 e.